The van der Waals surface area contributed by atoms with E-state index in [0.29, 0.717) is 6.42 Å². The van der Waals surface area contributed by atoms with Gasteiger partial charge in [-0.05, 0) is 12.3 Å². The monoisotopic (exact) mass is 166 g/mol. The Labute approximate surface area is 70.4 Å². The van der Waals surface area contributed by atoms with Crippen molar-refractivity contribution in [3.63, 3.8) is 0 Å². The summed E-state index contributed by atoms with van der Waals surface area (Å²) >= 11 is 0. The molecule has 3 nitrogen and oxygen atoms in total. The third-order valence-corrected chi connectivity index (χ3v) is 2.61. The number of hydrogen-bond acceptors (Lipinski definition) is 3. The number of carbonyl (C=O) groups is 2. The van der Waals surface area contributed by atoms with Crippen molar-refractivity contribution < 1.29 is 14.3 Å². The smallest absolute Gasteiger partial charge is 0.318 e. The van der Waals surface area contributed by atoms with Crippen molar-refractivity contribution in [2.45, 2.75) is 13.3 Å². The Hall–Kier alpha value is -1.12. The summed E-state index contributed by atoms with van der Waals surface area (Å²) in [6.45, 7) is 1.94. The van der Waals surface area contributed by atoms with E-state index in [1.165, 1.54) is 0 Å². The van der Waals surface area contributed by atoms with Gasteiger partial charge in [-0.3, -0.25) is 9.59 Å². The highest BCUT2D eigenvalue weighted by atomic mass is 16.6. The van der Waals surface area contributed by atoms with E-state index >= 15 is 0 Å². The quantitative estimate of drug-likeness (QED) is 0.305. The number of cyclic esters (lactones) is 2. The first-order valence-corrected chi connectivity index (χ1v) is 4.12. The molecule has 12 heavy (non-hydrogen) atoms. The lowest BCUT2D eigenvalue weighted by molar-refractivity contribution is -0.153. The zero-order valence-corrected chi connectivity index (χ0v) is 6.82. The Kier molecular flexibility index (Phi) is 1.53. The van der Waals surface area contributed by atoms with Gasteiger partial charge in [0.05, 0.1) is 11.8 Å². The number of ether oxygens (including phenoxy) is 1. The van der Waals surface area contributed by atoms with Crippen molar-refractivity contribution in [3.05, 3.63) is 12.2 Å². The molecule has 1 fully saturated rings. The second-order valence-electron chi connectivity index (χ2n) is 3.40. The van der Waals surface area contributed by atoms with Gasteiger partial charge in [-0.2, -0.15) is 0 Å². The molecule has 0 aromatic heterocycles. The van der Waals surface area contributed by atoms with Gasteiger partial charge in [-0.15, -0.1) is 0 Å². The van der Waals surface area contributed by atoms with Gasteiger partial charge in [0.1, 0.15) is 0 Å². The van der Waals surface area contributed by atoms with Crippen LogP contribution < -0.4 is 0 Å². The maximum atomic E-state index is 11.2. The molecule has 0 aromatic carbocycles. The third kappa shape index (κ3) is 0.891. The molecule has 3 heteroatoms. The SMILES string of the molecule is CC1C=CCC2C(=O)OC(=O)C12. The van der Waals surface area contributed by atoms with Crippen LogP contribution in [0.1, 0.15) is 13.3 Å². The van der Waals surface area contributed by atoms with E-state index in [9.17, 15) is 9.59 Å². The van der Waals surface area contributed by atoms with Gasteiger partial charge in [0.15, 0.2) is 0 Å². The average molecular weight is 166 g/mol. The molecule has 1 saturated heterocycles. The highest BCUT2D eigenvalue weighted by molar-refractivity contribution is 5.97. The number of allylic oxidation sites excluding steroid dienone is 2. The minimum atomic E-state index is -0.346. The molecule has 0 aromatic rings. The Morgan fingerprint density at radius 3 is 2.83 bits per heavy atom. The van der Waals surface area contributed by atoms with Crippen LogP contribution in [0.4, 0.5) is 0 Å². The number of fused-ring (bicyclic) bond motifs is 1. The molecule has 2 rings (SSSR count). The van der Waals surface area contributed by atoms with Crippen LogP contribution in [-0.2, 0) is 14.3 Å². The Bertz CT molecular complexity index is 267. The fraction of sp³-hybridized carbons (Fsp3) is 0.556. The number of rotatable bonds is 0. The molecule has 0 spiro atoms. The van der Waals surface area contributed by atoms with Gasteiger partial charge in [-0.25, -0.2) is 0 Å². The Morgan fingerprint density at radius 2 is 2.17 bits per heavy atom. The zero-order valence-electron chi connectivity index (χ0n) is 6.82. The van der Waals surface area contributed by atoms with Crippen LogP contribution >= 0.6 is 0 Å². The molecule has 0 radical (unpaired) electrons. The fourth-order valence-corrected chi connectivity index (χ4v) is 1.94. The predicted molar refractivity (Wildman–Crippen MR) is 41.0 cm³/mol. The van der Waals surface area contributed by atoms with Gasteiger partial charge < -0.3 is 4.74 Å². The predicted octanol–water partition coefficient (Wildman–Crippen LogP) is 0.898. The van der Waals surface area contributed by atoms with E-state index in [0.717, 1.165) is 0 Å². The van der Waals surface area contributed by atoms with Gasteiger partial charge in [0.2, 0.25) is 0 Å². The van der Waals surface area contributed by atoms with Crippen LogP contribution in [0, 0.1) is 17.8 Å². The molecule has 1 aliphatic carbocycles. The maximum Gasteiger partial charge on any atom is 0.318 e. The maximum absolute atomic E-state index is 11.2. The van der Waals surface area contributed by atoms with Gasteiger partial charge in [0.25, 0.3) is 0 Å². The average Bonchev–Trinajstić information content (AvgIpc) is 2.29. The summed E-state index contributed by atoms with van der Waals surface area (Å²) < 4.78 is 4.56. The lowest BCUT2D eigenvalue weighted by Crippen LogP contribution is -2.25. The van der Waals surface area contributed by atoms with Crippen molar-refractivity contribution in [2.24, 2.45) is 17.8 Å². The molecule has 3 unspecified atom stereocenters. The molecule has 3 atom stereocenters. The highest BCUT2D eigenvalue weighted by Gasteiger charge is 2.46. The first-order valence-electron chi connectivity index (χ1n) is 4.12. The molecule has 1 heterocycles. The standard InChI is InChI=1S/C9H10O3/c1-5-3-2-4-6-7(5)9(11)12-8(6)10/h2-3,5-7H,4H2,1H3. The topological polar surface area (TPSA) is 43.4 Å². The van der Waals surface area contributed by atoms with E-state index in [1.54, 1.807) is 0 Å². The lowest BCUT2D eigenvalue weighted by atomic mass is 9.78. The second-order valence-corrected chi connectivity index (χ2v) is 3.40. The molecule has 0 N–H and O–H groups in total. The largest absolute Gasteiger partial charge is 0.393 e. The molecule has 0 bridgehead atoms. The normalized spacial score (nSPS) is 39.6. The van der Waals surface area contributed by atoms with Gasteiger partial charge in [0, 0.05) is 0 Å². The van der Waals surface area contributed by atoms with Crippen molar-refractivity contribution in [1.82, 2.24) is 0 Å². The van der Waals surface area contributed by atoms with E-state index in [1.807, 2.05) is 19.1 Å². The van der Waals surface area contributed by atoms with Crippen molar-refractivity contribution in [2.75, 3.05) is 0 Å². The van der Waals surface area contributed by atoms with Gasteiger partial charge in [-0.1, -0.05) is 19.1 Å². The molecule has 1 aliphatic heterocycles. The van der Waals surface area contributed by atoms with Crippen molar-refractivity contribution in [1.29, 1.82) is 0 Å². The molecule has 0 saturated carbocycles. The first kappa shape index (κ1) is 7.53. The Balaban J connectivity index is 2.32. The fourth-order valence-electron chi connectivity index (χ4n) is 1.94. The summed E-state index contributed by atoms with van der Waals surface area (Å²) in [6, 6.07) is 0. The summed E-state index contributed by atoms with van der Waals surface area (Å²) in [4.78, 5) is 22.2. The molecule has 0 amide bonds. The number of esters is 2. The molecular formula is C9H10O3. The molecule has 64 valence electrons. The Morgan fingerprint density at radius 1 is 1.42 bits per heavy atom. The zero-order chi connectivity index (χ0) is 8.72. The first-order chi connectivity index (χ1) is 5.70. The minimum Gasteiger partial charge on any atom is -0.393 e. The lowest BCUT2D eigenvalue weighted by Gasteiger charge is -2.20. The van der Waals surface area contributed by atoms with Crippen molar-refractivity contribution in [3.8, 4) is 0 Å². The van der Waals surface area contributed by atoms with Crippen LogP contribution in [0.2, 0.25) is 0 Å². The summed E-state index contributed by atoms with van der Waals surface area (Å²) in [5.74, 6) is -0.981. The third-order valence-electron chi connectivity index (χ3n) is 2.61. The molecule has 2 aliphatic rings. The second kappa shape index (κ2) is 2.44. The summed E-state index contributed by atoms with van der Waals surface area (Å²) in [5, 5.41) is 0. The van der Waals surface area contributed by atoms with Crippen LogP contribution in [-0.4, -0.2) is 11.9 Å². The van der Waals surface area contributed by atoms with Crippen LogP contribution in [0.5, 0.6) is 0 Å². The van der Waals surface area contributed by atoms with Crippen LogP contribution in [0.3, 0.4) is 0 Å². The summed E-state index contributed by atoms with van der Waals surface area (Å²) in [7, 11) is 0. The number of carbonyl (C=O) groups excluding carboxylic acids is 2. The summed E-state index contributed by atoms with van der Waals surface area (Å²) in [6.07, 6.45) is 4.58. The van der Waals surface area contributed by atoms with Crippen LogP contribution in [0.15, 0.2) is 12.2 Å². The van der Waals surface area contributed by atoms with E-state index < -0.39 is 0 Å². The van der Waals surface area contributed by atoms with E-state index in [-0.39, 0.29) is 29.7 Å². The number of hydrogen-bond donors (Lipinski definition) is 0. The van der Waals surface area contributed by atoms with E-state index in [4.69, 9.17) is 0 Å². The van der Waals surface area contributed by atoms with Gasteiger partial charge >= 0.3 is 11.9 Å². The van der Waals surface area contributed by atoms with Crippen molar-refractivity contribution >= 4 is 11.9 Å². The molecular weight excluding hydrogens is 156 g/mol. The van der Waals surface area contributed by atoms with Crippen LogP contribution in [0.25, 0.3) is 0 Å². The van der Waals surface area contributed by atoms with E-state index in [2.05, 4.69) is 4.74 Å². The highest BCUT2D eigenvalue weighted by Crippen LogP contribution is 2.36. The minimum absolute atomic E-state index is 0.141. The summed E-state index contributed by atoms with van der Waals surface area (Å²) in [5.41, 5.74) is 0.